The van der Waals surface area contributed by atoms with Crippen molar-refractivity contribution in [3.8, 4) is 23.0 Å². The molecule has 0 fully saturated rings. The molecule has 0 spiro atoms. The fourth-order valence-corrected chi connectivity index (χ4v) is 4.37. The standard InChI is InChI=1S/C28H21ClF3N15O2/c29-15-3-8-22(38-9-15)46-13-20(39-16-4-7-18(35-10-16)24(33)44-48)23(42-46)26-41-27(40-21-12-36-19(11-37-21)25(34)45-49)43-47(26)17-5-1-14(2-6-17)28(30,31)32/h1-13,39,48-49H,(H2,33,44)(H2,34,45)(H,37,40,43). The van der Waals surface area contributed by atoms with E-state index in [0.29, 0.717) is 22.2 Å². The van der Waals surface area contributed by atoms with Gasteiger partial charge in [-0.25, -0.2) is 24.3 Å². The summed E-state index contributed by atoms with van der Waals surface area (Å²) in [7, 11) is 0. The van der Waals surface area contributed by atoms with Gasteiger partial charge >= 0.3 is 6.18 Å². The highest BCUT2D eigenvalue weighted by Gasteiger charge is 2.30. The van der Waals surface area contributed by atoms with E-state index < -0.39 is 11.7 Å². The maximum absolute atomic E-state index is 13.4. The van der Waals surface area contributed by atoms with Crippen LogP contribution in [0.25, 0.3) is 23.0 Å². The number of alkyl halides is 3. The third-order valence-corrected chi connectivity index (χ3v) is 6.82. The van der Waals surface area contributed by atoms with E-state index in [1.165, 1.54) is 52.4 Å². The molecule has 8 N–H and O–H groups in total. The summed E-state index contributed by atoms with van der Waals surface area (Å²) in [6.07, 6.45) is 2.42. The van der Waals surface area contributed by atoms with Crippen molar-refractivity contribution in [3.05, 3.63) is 101 Å². The fourth-order valence-electron chi connectivity index (χ4n) is 4.26. The average Bonchev–Trinajstić information content (AvgIpc) is 3.72. The van der Waals surface area contributed by atoms with Crippen molar-refractivity contribution in [1.29, 1.82) is 0 Å². The molecule has 0 atom stereocenters. The molecule has 0 unspecified atom stereocenters. The van der Waals surface area contributed by atoms with E-state index in [1.807, 2.05) is 0 Å². The van der Waals surface area contributed by atoms with Gasteiger partial charge in [-0.3, -0.25) is 4.98 Å². The van der Waals surface area contributed by atoms with Gasteiger partial charge in [-0.05, 0) is 48.5 Å². The van der Waals surface area contributed by atoms with Crippen molar-refractivity contribution in [2.24, 2.45) is 21.8 Å². The lowest BCUT2D eigenvalue weighted by molar-refractivity contribution is -0.137. The molecule has 6 aromatic rings. The Morgan fingerprint density at radius 1 is 0.796 bits per heavy atom. The molecule has 0 aliphatic heterocycles. The zero-order chi connectivity index (χ0) is 34.7. The summed E-state index contributed by atoms with van der Waals surface area (Å²) >= 11 is 6.04. The molecule has 5 aromatic heterocycles. The second-order valence-electron chi connectivity index (χ2n) is 9.83. The molecule has 248 valence electrons. The van der Waals surface area contributed by atoms with Crippen molar-refractivity contribution in [1.82, 2.24) is 44.5 Å². The Morgan fingerprint density at radius 2 is 1.53 bits per heavy atom. The largest absolute Gasteiger partial charge is 0.416 e. The second-order valence-corrected chi connectivity index (χ2v) is 10.3. The number of hydrogen-bond acceptors (Lipinski definition) is 13. The molecule has 0 amide bonds. The number of halogens is 4. The van der Waals surface area contributed by atoms with Gasteiger partial charge in [0.2, 0.25) is 5.95 Å². The minimum absolute atomic E-state index is 0.0318. The van der Waals surface area contributed by atoms with Crippen LogP contribution < -0.4 is 22.1 Å². The summed E-state index contributed by atoms with van der Waals surface area (Å²) < 4.78 is 42.9. The topological polar surface area (TPSA) is 241 Å². The molecule has 49 heavy (non-hydrogen) atoms. The van der Waals surface area contributed by atoms with Crippen LogP contribution in [0.4, 0.5) is 36.3 Å². The van der Waals surface area contributed by atoms with Gasteiger partial charge < -0.3 is 32.5 Å². The van der Waals surface area contributed by atoms with Crippen molar-refractivity contribution in [3.63, 3.8) is 0 Å². The maximum atomic E-state index is 13.4. The van der Waals surface area contributed by atoms with E-state index in [-0.39, 0.29) is 52.0 Å². The summed E-state index contributed by atoms with van der Waals surface area (Å²) in [4.78, 5) is 21.3. The SMILES string of the molecule is N/C(=N\O)c1cnc(Nc2nc(-c3nn(-c4ccc(Cl)cn4)cc3Nc3ccc(/C(N)=N\O)nc3)n(-c3ccc(C(F)(F)F)cc3)n2)cn1. The summed E-state index contributed by atoms with van der Waals surface area (Å²) in [5, 5.41) is 39.3. The van der Waals surface area contributed by atoms with E-state index in [1.54, 1.807) is 24.4 Å². The molecule has 5 heterocycles. The van der Waals surface area contributed by atoms with Gasteiger partial charge in [-0.2, -0.15) is 23.3 Å². The van der Waals surface area contributed by atoms with Crippen molar-refractivity contribution in [2.45, 2.75) is 6.18 Å². The molecule has 0 bridgehead atoms. The molecule has 21 heteroatoms. The molecule has 6 rings (SSSR count). The van der Waals surface area contributed by atoms with Crippen LogP contribution in [-0.4, -0.2) is 66.6 Å². The number of aromatic nitrogens is 9. The van der Waals surface area contributed by atoms with Gasteiger partial charge in [0.1, 0.15) is 11.4 Å². The molecule has 0 saturated carbocycles. The lowest BCUT2D eigenvalue weighted by Gasteiger charge is -2.10. The third kappa shape index (κ3) is 6.97. The number of hydrogen-bond donors (Lipinski definition) is 6. The summed E-state index contributed by atoms with van der Waals surface area (Å²) in [5.41, 5.74) is 11.9. The fraction of sp³-hybridized carbons (Fsp3) is 0.0357. The highest BCUT2D eigenvalue weighted by molar-refractivity contribution is 6.30. The summed E-state index contributed by atoms with van der Waals surface area (Å²) in [5.74, 6) is 0.140. The quantitative estimate of drug-likeness (QED) is 0.0543. The average molecular weight is 692 g/mol. The van der Waals surface area contributed by atoms with Crippen molar-refractivity contribution >= 4 is 46.4 Å². The number of nitrogens with zero attached hydrogens (tertiary/aromatic N) is 11. The molecular weight excluding hydrogens is 671 g/mol. The predicted octanol–water partition coefficient (Wildman–Crippen LogP) is 4.05. The smallest absolute Gasteiger partial charge is 0.409 e. The van der Waals surface area contributed by atoms with Gasteiger partial charge in [0.25, 0.3) is 0 Å². The van der Waals surface area contributed by atoms with E-state index in [9.17, 15) is 13.2 Å². The predicted molar refractivity (Wildman–Crippen MR) is 170 cm³/mol. The van der Waals surface area contributed by atoms with Gasteiger partial charge in [-0.15, -0.1) is 5.10 Å². The Kier molecular flexibility index (Phi) is 8.60. The number of oxime groups is 2. The van der Waals surface area contributed by atoms with Crippen LogP contribution in [0.3, 0.4) is 0 Å². The second kappa shape index (κ2) is 13.1. The van der Waals surface area contributed by atoms with Gasteiger partial charge in [0.05, 0.1) is 52.4 Å². The molecule has 17 nitrogen and oxygen atoms in total. The van der Waals surface area contributed by atoms with Crippen LogP contribution >= 0.6 is 11.6 Å². The van der Waals surface area contributed by atoms with Gasteiger partial charge in [0, 0.05) is 6.20 Å². The Bertz CT molecular complexity index is 2150. The zero-order valence-electron chi connectivity index (χ0n) is 24.5. The van der Waals surface area contributed by atoms with Crippen LogP contribution in [0.2, 0.25) is 5.02 Å². The van der Waals surface area contributed by atoms with Gasteiger partial charge in [-0.1, -0.05) is 21.9 Å². The number of pyridine rings is 2. The number of nitrogens with one attached hydrogen (secondary N) is 2. The molecule has 1 aromatic carbocycles. The van der Waals surface area contributed by atoms with Crippen LogP contribution in [0.1, 0.15) is 17.0 Å². The molecule has 0 radical (unpaired) electrons. The van der Waals surface area contributed by atoms with Crippen molar-refractivity contribution < 1.29 is 23.6 Å². The van der Waals surface area contributed by atoms with E-state index in [4.69, 9.17) is 33.5 Å². The Morgan fingerprint density at radius 3 is 2.14 bits per heavy atom. The minimum Gasteiger partial charge on any atom is -0.409 e. The first-order chi connectivity index (χ1) is 23.5. The number of anilines is 4. The molecule has 0 aliphatic rings. The van der Waals surface area contributed by atoms with Crippen LogP contribution in [-0.2, 0) is 6.18 Å². The van der Waals surface area contributed by atoms with Crippen LogP contribution in [0, 0.1) is 0 Å². The summed E-state index contributed by atoms with van der Waals surface area (Å²) in [6, 6.07) is 10.7. The normalized spacial score (nSPS) is 12.2. The third-order valence-electron chi connectivity index (χ3n) is 6.59. The Labute approximate surface area is 277 Å². The van der Waals surface area contributed by atoms with Crippen LogP contribution in [0.5, 0.6) is 0 Å². The number of nitrogens with two attached hydrogens (primary N) is 2. The molecular formula is C28H21ClF3N15O2. The minimum atomic E-state index is -4.57. The first kappa shape index (κ1) is 32.1. The number of rotatable bonds is 9. The molecule has 0 saturated heterocycles. The maximum Gasteiger partial charge on any atom is 0.416 e. The van der Waals surface area contributed by atoms with E-state index in [0.717, 1.165) is 12.1 Å². The first-order valence-electron chi connectivity index (χ1n) is 13.7. The highest BCUT2D eigenvalue weighted by Crippen LogP contribution is 2.34. The van der Waals surface area contributed by atoms with Gasteiger partial charge in [0.15, 0.2) is 34.8 Å². The number of amidine groups is 2. The highest BCUT2D eigenvalue weighted by atomic mass is 35.5. The van der Waals surface area contributed by atoms with E-state index >= 15 is 0 Å². The summed E-state index contributed by atoms with van der Waals surface area (Å²) in [6.45, 7) is 0. The molecule has 0 aliphatic carbocycles. The monoisotopic (exact) mass is 691 g/mol. The van der Waals surface area contributed by atoms with Crippen LogP contribution in [0.15, 0.2) is 89.8 Å². The lowest BCUT2D eigenvalue weighted by Crippen LogP contribution is -2.15. The van der Waals surface area contributed by atoms with Crippen molar-refractivity contribution in [2.75, 3.05) is 10.6 Å². The Hall–Kier alpha value is -6.83. The zero-order valence-corrected chi connectivity index (χ0v) is 25.2. The number of benzene rings is 1. The lowest BCUT2D eigenvalue weighted by atomic mass is 10.2. The first-order valence-corrected chi connectivity index (χ1v) is 14.0. The Balaban J connectivity index is 1.47. The van der Waals surface area contributed by atoms with E-state index in [2.05, 4.69) is 56.1 Å².